The van der Waals surface area contributed by atoms with E-state index in [2.05, 4.69) is 44.2 Å². The van der Waals surface area contributed by atoms with E-state index in [9.17, 15) is 0 Å². The predicted octanol–water partition coefficient (Wildman–Crippen LogP) is 1.46. The van der Waals surface area contributed by atoms with Crippen LogP contribution in [0.15, 0.2) is 0 Å². The molecule has 0 aromatic rings. The fraction of sp³-hybridized carbons (Fsp3) is 0.909. The number of likely N-dealkylation sites (N-methyl/N-ethyl adjacent to an activating group) is 1. The standard InChI is InChI=1S/C11H23N3/c1-6-10(7-12)13-11(9(2)3)8-14(4)5/h9-11,13H,6,8H2,1-5H3. The molecule has 0 saturated heterocycles. The number of nitrogens with zero attached hydrogens (tertiary/aromatic N) is 2. The normalized spacial score (nSPS) is 15.6. The minimum Gasteiger partial charge on any atom is -0.308 e. The van der Waals surface area contributed by atoms with E-state index in [4.69, 9.17) is 5.26 Å². The lowest BCUT2D eigenvalue weighted by molar-refractivity contribution is 0.278. The van der Waals surface area contributed by atoms with Crippen LogP contribution in [-0.2, 0) is 0 Å². The molecule has 0 aromatic heterocycles. The number of nitrogens with one attached hydrogen (secondary N) is 1. The summed E-state index contributed by atoms with van der Waals surface area (Å²) in [6.45, 7) is 7.39. The van der Waals surface area contributed by atoms with Crippen molar-refractivity contribution in [2.75, 3.05) is 20.6 Å². The first-order valence-electron chi connectivity index (χ1n) is 5.31. The summed E-state index contributed by atoms with van der Waals surface area (Å²) in [5.41, 5.74) is 0. The maximum absolute atomic E-state index is 8.86. The van der Waals surface area contributed by atoms with E-state index >= 15 is 0 Å². The van der Waals surface area contributed by atoms with E-state index in [0.29, 0.717) is 12.0 Å². The van der Waals surface area contributed by atoms with Gasteiger partial charge in [0.2, 0.25) is 0 Å². The van der Waals surface area contributed by atoms with Gasteiger partial charge in [-0.2, -0.15) is 5.26 Å². The van der Waals surface area contributed by atoms with Crippen molar-refractivity contribution in [2.24, 2.45) is 5.92 Å². The van der Waals surface area contributed by atoms with E-state index in [0.717, 1.165) is 13.0 Å². The highest BCUT2D eigenvalue weighted by atomic mass is 15.1. The van der Waals surface area contributed by atoms with Gasteiger partial charge in [-0.25, -0.2) is 0 Å². The molecule has 1 N–H and O–H groups in total. The first-order valence-corrected chi connectivity index (χ1v) is 5.31. The van der Waals surface area contributed by atoms with Gasteiger partial charge in [0, 0.05) is 12.6 Å². The summed E-state index contributed by atoms with van der Waals surface area (Å²) in [7, 11) is 4.12. The molecule has 0 aliphatic rings. The third kappa shape index (κ3) is 5.21. The zero-order valence-corrected chi connectivity index (χ0v) is 10.0. The maximum atomic E-state index is 8.86. The summed E-state index contributed by atoms with van der Waals surface area (Å²) in [5, 5.41) is 12.2. The van der Waals surface area contributed by atoms with Crippen molar-refractivity contribution in [3.8, 4) is 6.07 Å². The van der Waals surface area contributed by atoms with E-state index < -0.39 is 0 Å². The Balaban J connectivity index is 4.16. The van der Waals surface area contributed by atoms with Crippen LogP contribution in [0.4, 0.5) is 0 Å². The van der Waals surface area contributed by atoms with Crippen LogP contribution in [0.2, 0.25) is 0 Å². The minimum absolute atomic E-state index is 0.0117. The first kappa shape index (κ1) is 13.4. The Morgan fingerprint density at radius 1 is 1.36 bits per heavy atom. The lowest BCUT2D eigenvalue weighted by atomic mass is 10.0. The maximum Gasteiger partial charge on any atom is 0.0952 e. The second-order valence-corrected chi connectivity index (χ2v) is 4.37. The predicted molar refractivity (Wildman–Crippen MR) is 60.0 cm³/mol. The van der Waals surface area contributed by atoms with E-state index in [1.54, 1.807) is 0 Å². The Labute approximate surface area is 88.1 Å². The fourth-order valence-corrected chi connectivity index (χ4v) is 1.35. The monoisotopic (exact) mass is 197 g/mol. The summed E-state index contributed by atoms with van der Waals surface area (Å²) in [5.74, 6) is 0.555. The average Bonchev–Trinajstić information content (AvgIpc) is 2.11. The van der Waals surface area contributed by atoms with Gasteiger partial charge in [0.05, 0.1) is 12.1 Å². The van der Waals surface area contributed by atoms with Gasteiger partial charge in [-0.3, -0.25) is 5.32 Å². The summed E-state index contributed by atoms with van der Waals surface area (Å²) >= 11 is 0. The van der Waals surface area contributed by atoms with E-state index in [1.165, 1.54) is 0 Å². The van der Waals surface area contributed by atoms with Gasteiger partial charge < -0.3 is 4.90 Å². The molecule has 3 nitrogen and oxygen atoms in total. The molecular weight excluding hydrogens is 174 g/mol. The Morgan fingerprint density at radius 3 is 2.21 bits per heavy atom. The van der Waals surface area contributed by atoms with Crippen LogP contribution in [-0.4, -0.2) is 37.6 Å². The van der Waals surface area contributed by atoms with Crippen LogP contribution in [0, 0.1) is 17.2 Å². The molecule has 0 fully saturated rings. The van der Waals surface area contributed by atoms with Crippen LogP contribution in [0.3, 0.4) is 0 Å². The Bertz CT molecular complexity index is 181. The van der Waals surface area contributed by atoms with Crippen LogP contribution >= 0.6 is 0 Å². The molecule has 2 unspecified atom stereocenters. The number of rotatable bonds is 6. The highest BCUT2D eigenvalue weighted by Crippen LogP contribution is 2.04. The molecule has 14 heavy (non-hydrogen) atoms. The van der Waals surface area contributed by atoms with Gasteiger partial charge in [0.25, 0.3) is 0 Å². The van der Waals surface area contributed by atoms with Gasteiger partial charge in [0.15, 0.2) is 0 Å². The Kier molecular flexibility index (Phi) is 6.52. The van der Waals surface area contributed by atoms with E-state index in [-0.39, 0.29) is 6.04 Å². The van der Waals surface area contributed by atoms with Gasteiger partial charge in [0.1, 0.15) is 0 Å². The van der Waals surface area contributed by atoms with Crippen molar-refractivity contribution in [3.63, 3.8) is 0 Å². The lowest BCUT2D eigenvalue weighted by Gasteiger charge is -2.27. The Hall–Kier alpha value is -0.590. The Morgan fingerprint density at radius 2 is 1.93 bits per heavy atom. The van der Waals surface area contributed by atoms with Crippen LogP contribution in [0.25, 0.3) is 0 Å². The SMILES string of the molecule is CCC(C#N)NC(CN(C)C)C(C)C. The van der Waals surface area contributed by atoms with Gasteiger partial charge in [-0.15, -0.1) is 0 Å². The van der Waals surface area contributed by atoms with Crippen molar-refractivity contribution < 1.29 is 0 Å². The van der Waals surface area contributed by atoms with Gasteiger partial charge in [-0.05, 0) is 26.4 Å². The highest BCUT2D eigenvalue weighted by molar-refractivity contribution is 4.91. The highest BCUT2D eigenvalue weighted by Gasteiger charge is 2.17. The number of nitriles is 1. The summed E-state index contributed by atoms with van der Waals surface area (Å²) < 4.78 is 0. The second-order valence-electron chi connectivity index (χ2n) is 4.37. The quantitative estimate of drug-likeness (QED) is 0.701. The van der Waals surface area contributed by atoms with Crippen molar-refractivity contribution in [2.45, 2.75) is 39.3 Å². The molecule has 82 valence electrons. The third-order valence-electron chi connectivity index (χ3n) is 2.35. The van der Waals surface area contributed by atoms with Crippen molar-refractivity contribution in [1.29, 1.82) is 5.26 Å². The first-order chi connectivity index (χ1) is 6.51. The zero-order valence-electron chi connectivity index (χ0n) is 10.0. The van der Waals surface area contributed by atoms with Crippen molar-refractivity contribution in [3.05, 3.63) is 0 Å². The van der Waals surface area contributed by atoms with Crippen LogP contribution < -0.4 is 5.32 Å². The molecule has 0 aliphatic carbocycles. The summed E-state index contributed by atoms with van der Waals surface area (Å²) in [6.07, 6.45) is 0.868. The topological polar surface area (TPSA) is 39.1 Å². The molecule has 0 spiro atoms. The van der Waals surface area contributed by atoms with Crippen LogP contribution in [0.1, 0.15) is 27.2 Å². The summed E-state index contributed by atoms with van der Waals surface area (Å²) in [4.78, 5) is 2.15. The van der Waals surface area contributed by atoms with Crippen molar-refractivity contribution in [1.82, 2.24) is 10.2 Å². The minimum atomic E-state index is -0.0117. The van der Waals surface area contributed by atoms with E-state index in [1.807, 2.05) is 6.92 Å². The van der Waals surface area contributed by atoms with Gasteiger partial charge >= 0.3 is 0 Å². The number of hydrogen-bond acceptors (Lipinski definition) is 3. The molecule has 0 radical (unpaired) electrons. The van der Waals surface area contributed by atoms with Crippen molar-refractivity contribution >= 4 is 0 Å². The fourth-order valence-electron chi connectivity index (χ4n) is 1.35. The van der Waals surface area contributed by atoms with Gasteiger partial charge in [-0.1, -0.05) is 20.8 Å². The molecule has 0 bridgehead atoms. The molecule has 0 aromatic carbocycles. The zero-order chi connectivity index (χ0) is 11.1. The second kappa shape index (κ2) is 6.80. The van der Waals surface area contributed by atoms with Crippen LogP contribution in [0.5, 0.6) is 0 Å². The molecule has 2 atom stereocenters. The molecule has 0 aliphatic heterocycles. The lowest BCUT2D eigenvalue weighted by Crippen LogP contribution is -2.46. The smallest absolute Gasteiger partial charge is 0.0952 e. The summed E-state index contributed by atoms with van der Waals surface area (Å²) in [6, 6.07) is 2.67. The average molecular weight is 197 g/mol. The molecule has 3 heteroatoms. The molecule has 0 heterocycles. The number of hydrogen-bond donors (Lipinski definition) is 1. The molecular formula is C11H23N3. The largest absolute Gasteiger partial charge is 0.308 e. The third-order valence-corrected chi connectivity index (χ3v) is 2.35. The molecule has 0 saturated carbocycles. The molecule has 0 rings (SSSR count). The molecule has 0 amide bonds.